The summed E-state index contributed by atoms with van der Waals surface area (Å²) in [5, 5.41) is 19.6. The highest BCUT2D eigenvalue weighted by molar-refractivity contribution is 5.99. The van der Waals surface area contributed by atoms with Crippen LogP contribution in [-0.2, 0) is 0 Å². The van der Waals surface area contributed by atoms with Crippen molar-refractivity contribution in [3.05, 3.63) is 100 Å². The Hall–Kier alpha value is -3.09. The molecule has 3 atom stereocenters. The van der Waals surface area contributed by atoms with Crippen LogP contribution in [0.1, 0.15) is 44.4 Å². The fraction of sp³-hybridized carbons (Fsp3) is 0.321. The SMILES string of the molecule is Cc1c(F)cccc1[C@H]1[C@@H](C(=O)c2cccc(O)c2)CN(CCO)C[C@@H]1c1cccc(F)c1C. The molecule has 0 aromatic heterocycles. The number of β-amino-alcohol motifs (C(OH)–C–C–N with tert-alkyl or cyclic N) is 1. The summed E-state index contributed by atoms with van der Waals surface area (Å²) in [6, 6.07) is 16.0. The number of aliphatic hydroxyl groups excluding tert-OH is 1. The highest BCUT2D eigenvalue weighted by atomic mass is 19.1. The Labute approximate surface area is 198 Å². The van der Waals surface area contributed by atoms with Crippen LogP contribution in [0.5, 0.6) is 5.75 Å². The van der Waals surface area contributed by atoms with E-state index in [4.69, 9.17) is 0 Å². The molecular weight excluding hydrogens is 436 g/mol. The Morgan fingerprint density at radius 1 is 0.941 bits per heavy atom. The zero-order chi connectivity index (χ0) is 24.4. The van der Waals surface area contributed by atoms with E-state index in [1.807, 2.05) is 17.0 Å². The molecule has 0 bridgehead atoms. The molecule has 6 heteroatoms. The van der Waals surface area contributed by atoms with E-state index in [-0.39, 0.29) is 35.7 Å². The van der Waals surface area contributed by atoms with Crippen molar-refractivity contribution in [3.8, 4) is 5.75 Å². The van der Waals surface area contributed by atoms with E-state index in [1.54, 1.807) is 38.1 Å². The number of aromatic hydroxyl groups is 1. The van der Waals surface area contributed by atoms with Crippen molar-refractivity contribution in [3.63, 3.8) is 0 Å². The molecule has 1 saturated heterocycles. The lowest BCUT2D eigenvalue weighted by atomic mass is 9.67. The minimum atomic E-state index is -0.588. The van der Waals surface area contributed by atoms with Crippen molar-refractivity contribution in [2.45, 2.75) is 25.7 Å². The largest absolute Gasteiger partial charge is 0.508 e. The number of carbonyl (C=O) groups excluding carboxylic acids is 1. The van der Waals surface area contributed by atoms with Crippen molar-refractivity contribution >= 4 is 5.78 Å². The lowest BCUT2D eigenvalue weighted by molar-refractivity contribution is 0.0699. The van der Waals surface area contributed by atoms with Gasteiger partial charge in [0.05, 0.1) is 6.61 Å². The monoisotopic (exact) mass is 465 g/mol. The molecule has 0 spiro atoms. The Bertz CT molecular complexity index is 1200. The average molecular weight is 466 g/mol. The summed E-state index contributed by atoms with van der Waals surface area (Å²) in [7, 11) is 0. The van der Waals surface area contributed by atoms with Gasteiger partial charge in [0, 0.05) is 43.0 Å². The van der Waals surface area contributed by atoms with Gasteiger partial charge in [0.25, 0.3) is 0 Å². The van der Waals surface area contributed by atoms with E-state index in [0.29, 0.717) is 36.3 Å². The topological polar surface area (TPSA) is 60.8 Å². The molecule has 1 heterocycles. The van der Waals surface area contributed by atoms with Gasteiger partial charge in [-0.3, -0.25) is 9.69 Å². The van der Waals surface area contributed by atoms with Gasteiger partial charge in [0.2, 0.25) is 0 Å². The average Bonchev–Trinajstić information content (AvgIpc) is 2.82. The molecule has 0 aliphatic carbocycles. The van der Waals surface area contributed by atoms with Gasteiger partial charge in [-0.15, -0.1) is 0 Å². The quantitative estimate of drug-likeness (QED) is 0.505. The predicted octanol–water partition coefficient (Wildman–Crippen LogP) is 4.96. The summed E-state index contributed by atoms with van der Waals surface area (Å²) in [4.78, 5) is 15.8. The number of rotatable bonds is 6. The van der Waals surface area contributed by atoms with Gasteiger partial charge < -0.3 is 10.2 Å². The minimum Gasteiger partial charge on any atom is -0.508 e. The van der Waals surface area contributed by atoms with E-state index in [2.05, 4.69) is 0 Å². The summed E-state index contributed by atoms with van der Waals surface area (Å²) in [5.74, 6) is -2.17. The van der Waals surface area contributed by atoms with E-state index in [0.717, 1.165) is 11.1 Å². The number of halogens is 2. The third-order valence-corrected chi connectivity index (χ3v) is 7.04. The van der Waals surface area contributed by atoms with Crippen LogP contribution >= 0.6 is 0 Å². The van der Waals surface area contributed by atoms with Crippen LogP contribution in [0.4, 0.5) is 8.78 Å². The predicted molar refractivity (Wildman–Crippen MR) is 127 cm³/mol. The summed E-state index contributed by atoms with van der Waals surface area (Å²) in [6.07, 6.45) is 0. The number of piperidine rings is 1. The second-order valence-electron chi connectivity index (χ2n) is 9.04. The number of hydrogen-bond acceptors (Lipinski definition) is 4. The maximum absolute atomic E-state index is 14.7. The highest BCUT2D eigenvalue weighted by Gasteiger charge is 2.43. The van der Waals surface area contributed by atoms with Gasteiger partial charge in [-0.2, -0.15) is 0 Å². The fourth-order valence-corrected chi connectivity index (χ4v) is 5.32. The van der Waals surface area contributed by atoms with Crippen molar-refractivity contribution < 1.29 is 23.8 Å². The number of benzene rings is 3. The van der Waals surface area contributed by atoms with Gasteiger partial charge >= 0.3 is 0 Å². The molecule has 0 saturated carbocycles. The van der Waals surface area contributed by atoms with Crippen LogP contribution in [0.15, 0.2) is 60.7 Å². The molecule has 34 heavy (non-hydrogen) atoms. The molecule has 2 N–H and O–H groups in total. The molecule has 1 aliphatic rings. The first-order valence-electron chi connectivity index (χ1n) is 11.5. The fourth-order valence-electron chi connectivity index (χ4n) is 5.32. The molecule has 1 fully saturated rings. The molecule has 3 aromatic rings. The van der Waals surface area contributed by atoms with Crippen LogP contribution in [-0.4, -0.2) is 47.1 Å². The standard InChI is InChI=1S/C28H29F2NO3/c1-17-21(8-4-10-25(17)29)23-15-31(12-13-32)16-24(28(34)19-6-3-7-20(33)14-19)27(23)22-9-5-11-26(30)18(22)2/h3-11,14,23-24,27,32-33H,12-13,15-16H2,1-2H3/t23-,24+,27-/m1/s1. The second-order valence-corrected chi connectivity index (χ2v) is 9.04. The van der Waals surface area contributed by atoms with Gasteiger partial charge in [0.1, 0.15) is 17.4 Å². The summed E-state index contributed by atoms with van der Waals surface area (Å²) in [6.45, 7) is 4.57. The van der Waals surface area contributed by atoms with Crippen LogP contribution < -0.4 is 0 Å². The van der Waals surface area contributed by atoms with Crippen molar-refractivity contribution in [2.24, 2.45) is 5.92 Å². The summed E-state index contributed by atoms with van der Waals surface area (Å²) < 4.78 is 29.3. The smallest absolute Gasteiger partial charge is 0.167 e. The third kappa shape index (κ3) is 4.61. The van der Waals surface area contributed by atoms with E-state index < -0.39 is 11.8 Å². The maximum atomic E-state index is 14.7. The number of hydrogen-bond donors (Lipinski definition) is 2. The van der Waals surface area contributed by atoms with E-state index >= 15 is 0 Å². The molecular formula is C28H29F2NO3. The third-order valence-electron chi connectivity index (χ3n) is 7.04. The molecule has 4 rings (SSSR count). The van der Waals surface area contributed by atoms with Gasteiger partial charge in [-0.1, -0.05) is 36.4 Å². The van der Waals surface area contributed by atoms with Crippen LogP contribution in [0.25, 0.3) is 0 Å². The van der Waals surface area contributed by atoms with Crippen molar-refractivity contribution in [1.82, 2.24) is 4.90 Å². The van der Waals surface area contributed by atoms with E-state index in [9.17, 15) is 23.8 Å². The molecule has 0 amide bonds. The first-order chi connectivity index (χ1) is 16.3. The number of aliphatic hydroxyl groups is 1. The number of carbonyl (C=O) groups is 1. The van der Waals surface area contributed by atoms with Crippen LogP contribution in [0.2, 0.25) is 0 Å². The Morgan fingerprint density at radius 3 is 2.21 bits per heavy atom. The van der Waals surface area contributed by atoms with Crippen molar-refractivity contribution in [2.75, 3.05) is 26.2 Å². The normalized spacial score (nSPS) is 20.9. The van der Waals surface area contributed by atoms with Gasteiger partial charge in [-0.05, 0) is 60.4 Å². The van der Waals surface area contributed by atoms with Gasteiger partial charge in [0.15, 0.2) is 5.78 Å². The van der Waals surface area contributed by atoms with Crippen LogP contribution in [0, 0.1) is 31.4 Å². The summed E-state index contributed by atoms with van der Waals surface area (Å²) in [5.41, 5.74) is 2.82. The number of phenolic OH excluding ortho intramolecular Hbond substituents is 1. The minimum absolute atomic E-state index is 0.00937. The lowest BCUT2D eigenvalue weighted by Gasteiger charge is -2.44. The molecule has 3 aromatic carbocycles. The number of likely N-dealkylation sites (tertiary alicyclic amines) is 1. The zero-order valence-corrected chi connectivity index (χ0v) is 19.3. The second kappa shape index (κ2) is 10.0. The number of Topliss-reactive ketones (excluding diaryl/α,β-unsaturated/α-hetero) is 1. The first-order valence-corrected chi connectivity index (χ1v) is 11.5. The van der Waals surface area contributed by atoms with Gasteiger partial charge in [-0.25, -0.2) is 8.78 Å². The summed E-state index contributed by atoms with van der Waals surface area (Å²) >= 11 is 0. The molecule has 0 unspecified atom stereocenters. The molecule has 0 radical (unpaired) electrons. The molecule has 4 nitrogen and oxygen atoms in total. The van der Waals surface area contributed by atoms with Crippen molar-refractivity contribution in [1.29, 1.82) is 0 Å². The highest BCUT2D eigenvalue weighted by Crippen LogP contribution is 2.46. The van der Waals surface area contributed by atoms with Crippen LogP contribution in [0.3, 0.4) is 0 Å². The lowest BCUT2D eigenvalue weighted by Crippen LogP contribution is -2.48. The van der Waals surface area contributed by atoms with E-state index in [1.165, 1.54) is 24.3 Å². The number of phenols is 1. The molecule has 1 aliphatic heterocycles. The number of ketones is 1. The number of nitrogens with zero attached hydrogens (tertiary/aromatic N) is 1. The maximum Gasteiger partial charge on any atom is 0.167 e. The first kappa shape index (κ1) is 24.0. The Kier molecular flexibility index (Phi) is 7.10. The molecule has 178 valence electrons. The Balaban J connectivity index is 1.91. The Morgan fingerprint density at radius 2 is 1.56 bits per heavy atom. The zero-order valence-electron chi connectivity index (χ0n) is 19.3.